The van der Waals surface area contributed by atoms with E-state index in [1.54, 1.807) is 0 Å². The van der Waals surface area contributed by atoms with Gasteiger partial charge in [0.05, 0.1) is 21.9 Å². The Kier molecular flexibility index (Phi) is 5.70. The molecule has 0 radical (unpaired) electrons. The molecule has 0 fully saturated rings. The molecule has 2 aromatic carbocycles. The molecule has 13 heteroatoms. The van der Waals surface area contributed by atoms with Crippen LogP contribution in [-0.4, -0.2) is 35.6 Å². The zero-order valence-electron chi connectivity index (χ0n) is 17.1. The van der Waals surface area contributed by atoms with E-state index in [-0.39, 0.29) is 30.2 Å². The molecule has 4 rings (SSSR count). The predicted octanol–water partition coefficient (Wildman–Crippen LogP) is 4.41. The standard InChI is InChI=1S/C21H15F6N3O3S/c22-20(23,24)14-4-2-6-16(10-14)34(32,33)15-5-1-3-13(9-15)12-29-7-8-30-17(19(29)31)11-18(28-30)21(25,26)27/h1-6,9-11H,7-8,12H2. The van der Waals surface area contributed by atoms with Crippen molar-refractivity contribution in [1.82, 2.24) is 14.7 Å². The molecule has 6 nitrogen and oxygen atoms in total. The summed E-state index contributed by atoms with van der Waals surface area (Å²) in [5.74, 6) is -0.708. The molecule has 0 spiro atoms. The topological polar surface area (TPSA) is 72.3 Å². The molecule has 0 bridgehead atoms. The molecular formula is C21H15F6N3O3S. The molecule has 34 heavy (non-hydrogen) atoms. The molecule has 1 aliphatic rings. The number of carbonyl (C=O) groups excluding carboxylic acids is 1. The van der Waals surface area contributed by atoms with Gasteiger partial charge in [0.2, 0.25) is 9.84 Å². The van der Waals surface area contributed by atoms with Crippen molar-refractivity contribution in [3.63, 3.8) is 0 Å². The van der Waals surface area contributed by atoms with Gasteiger partial charge < -0.3 is 4.90 Å². The molecule has 0 N–H and O–H groups in total. The Bertz CT molecular complexity index is 1360. The van der Waals surface area contributed by atoms with Crippen LogP contribution in [0.1, 0.15) is 27.3 Å². The van der Waals surface area contributed by atoms with E-state index in [1.807, 2.05) is 0 Å². The fourth-order valence-corrected chi connectivity index (χ4v) is 4.91. The Morgan fingerprint density at radius 2 is 1.50 bits per heavy atom. The van der Waals surface area contributed by atoms with Crippen LogP contribution < -0.4 is 0 Å². The summed E-state index contributed by atoms with van der Waals surface area (Å²) in [6.07, 6.45) is -9.43. The predicted molar refractivity (Wildman–Crippen MR) is 105 cm³/mol. The van der Waals surface area contributed by atoms with E-state index in [9.17, 15) is 39.6 Å². The van der Waals surface area contributed by atoms with Crippen LogP contribution in [0.3, 0.4) is 0 Å². The average Bonchev–Trinajstić information content (AvgIpc) is 3.21. The monoisotopic (exact) mass is 503 g/mol. The van der Waals surface area contributed by atoms with Crippen LogP contribution in [0.15, 0.2) is 64.4 Å². The molecule has 3 aromatic rings. The van der Waals surface area contributed by atoms with Gasteiger partial charge in [0.15, 0.2) is 5.69 Å². The number of alkyl halides is 6. The van der Waals surface area contributed by atoms with E-state index in [1.165, 1.54) is 29.2 Å². The van der Waals surface area contributed by atoms with Crippen LogP contribution in [0.2, 0.25) is 0 Å². The van der Waals surface area contributed by atoms with E-state index in [2.05, 4.69) is 5.10 Å². The SMILES string of the molecule is O=C1c2cc(C(F)(F)F)nn2CCN1Cc1cccc(S(=O)(=O)c2cccc(C(F)(F)F)c2)c1. The third-order valence-corrected chi connectivity index (χ3v) is 6.96. The lowest BCUT2D eigenvalue weighted by Crippen LogP contribution is -2.39. The summed E-state index contributed by atoms with van der Waals surface area (Å²) in [5, 5.41) is 3.40. The fourth-order valence-electron chi connectivity index (χ4n) is 3.53. The first-order valence-corrected chi connectivity index (χ1v) is 11.2. The molecule has 2 heterocycles. The summed E-state index contributed by atoms with van der Waals surface area (Å²) in [7, 11) is -4.30. The zero-order valence-corrected chi connectivity index (χ0v) is 17.9. The van der Waals surface area contributed by atoms with Gasteiger partial charge >= 0.3 is 12.4 Å². The number of rotatable bonds is 4. The molecule has 0 atom stereocenters. The van der Waals surface area contributed by atoms with Gasteiger partial charge in [-0.3, -0.25) is 9.48 Å². The second kappa shape index (κ2) is 8.15. The van der Waals surface area contributed by atoms with Gasteiger partial charge in [0.1, 0.15) is 5.69 Å². The largest absolute Gasteiger partial charge is 0.435 e. The second-order valence-corrected chi connectivity index (χ2v) is 9.49. The molecule has 0 saturated heterocycles. The van der Waals surface area contributed by atoms with Crippen molar-refractivity contribution >= 4 is 15.7 Å². The maximum atomic E-state index is 13.0. The smallest absolute Gasteiger partial charge is 0.331 e. The van der Waals surface area contributed by atoms with Crippen molar-refractivity contribution < 1.29 is 39.6 Å². The number of aromatic nitrogens is 2. The van der Waals surface area contributed by atoms with E-state index in [4.69, 9.17) is 0 Å². The van der Waals surface area contributed by atoms with Gasteiger partial charge in [-0.2, -0.15) is 31.4 Å². The highest BCUT2D eigenvalue weighted by molar-refractivity contribution is 7.91. The minimum Gasteiger partial charge on any atom is -0.331 e. The number of fused-ring (bicyclic) bond motifs is 1. The summed E-state index contributed by atoms with van der Waals surface area (Å²) in [6.45, 7) is -0.0634. The van der Waals surface area contributed by atoms with Crippen molar-refractivity contribution in [3.05, 3.63) is 77.1 Å². The van der Waals surface area contributed by atoms with Crippen LogP contribution in [0.25, 0.3) is 0 Å². The third kappa shape index (κ3) is 4.52. The first-order chi connectivity index (χ1) is 15.8. The molecule has 1 aromatic heterocycles. The Hall–Kier alpha value is -3.35. The normalized spacial score (nSPS) is 14.9. The quantitative estimate of drug-likeness (QED) is 0.495. The summed E-state index contributed by atoms with van der Waals surface area (Å²) >= 11 is 0. The number of carbonyl (C=O) groups is 1. The Morgan fingerprint density at radius 3 is 2.15 bits per heavy atom. The first-order valence-electron chi connectivity index (χ1n) is 9.72. The summed E-state index contributed by atoms with van der Waals surface area (Å²) < 4.78 is 105. The molecule has 180 valence electrons. The highest BCUT2D eigenvalue weighted by Gasteiger charge is 2.38. The van der Waals surface area contributed by atoms with E-state index in [0.29, 0.717) is 17.7 Å². The van der Waals surface area contributed by atoms with Gasteiger partial charge in [0, 0.05) is 19.2 Å². The molecule has 0 aliphatic carbocycles. The number of halogens is 6. The second-order valence-electron chi connectivity index (χ2n) is 7.54. The van der Waals surface area contributed by atoms with Gasteiger partial charge in [-0.25, -0.2) is 8.42 Å². The van der Waals surface area contributed by atoms with E-state index in [0.717, 1.165) is 22.9 Å². The van der Waals surface area contributed by atoms with Crippen LogP contribution in [0.4, 0.5) is 26.3 Å². The zero-order chi connectivity index (χ0) is 24.9. The lowest BCUT2D eigenvalue weighted by atomic mass is 10.2. The highest BCUT2D eigenvalue weighted by atomic mass is 32.2. The fraction of sp³-hybridized carbons (Fsp3) is 0.238. The average molecular weight is 503 g/mol. The Balaban J connectivity index is 1.59. The molecular weight excluding hydrogens is 488 g/mol. The Labute approximate surface area is 189 Å². The van der Waals surface area contributed by atoms with Crippen molar-refractivity contribution in [2.24, 2.45) is 0 Å². The molecule has 1 aliphatic heterocycles. The van der Waals surface area contributed by atoms with Crippen LogP contribution in [-0.2, 0) is 35.3 Å². The van der Waals surface area contributed by atoms with Crippen molar-refractivity contribution in [3.8, 4) is 0 Å². The number of hydrogen-bond acceptors (Lipinski definition) is 4. The maximum Gasteiger partial charge on any atom is 0.435 e. The number of nitrogens with zero attached hydrogens (tertiary/aromatic N) is 3. The van der Waals surface area contributed by atoms with Crippen LogP contribution >= 0.6 is 0 Å². The van der Waals surface area contributed by atoms with Gasteiger partial charge in [-0.15, -0.1) is 0 Å². The number of benzene rings is 2. The lowest BCUT2D eigenvalue weighted by Gasteiger charge is -2.27. The van der Waals surface area contributed by atoms with Gasteiger partial charge in [0.25, 0.3) is 5.91 Å². The molecule has 1 amide bonds. The number of amides is 1. The highest BCUT2D eigenvalue weighted by Crippen LogP contribution is 2.33. The molecule has 0 unspecified atom stereocenters. The summed E-state index contributed by atoms with van der Waals surface area (Å²) in [6, 6.07) is 9.29. The number of sulfone groups is 1. The minimum absolute atomic E-state index is 0.0133. The van der Waals surface area contributed by atoms with Crippen LogP contribution in [0.5, 0.6) is 0 Å². The summed E-state index contributed by atoms with van der Waals surface area (Å²) in [5.41, 5.74) is -2.21. The number of hydrogen-bond donors (Lipinski definition) is 0. The molecule has 0 saturated carbocycles. The third-order valence-electron chi connectivity index (χ3n) is 5.21. The first kappa shape index (κ1) is 23.8. The van der Waals surface area contributed by atoms with Crippen molar-refractivity contribution in [1.29, 1.82) is 0 Å². The van der Waals surface area contributed by atoms with Crippen molar-refractivity contribution in [2.75, 3.05) is 6.54 Å². The summed E-state index contributed by atoms with van der Waals surface area (Å²) in [4.78, 5) is 13.1. The van der Waals surface area contributed by atoms with Gasteiger partial charge in [-0.1, -0.05) is 18.2 Å². The van der Waals surface area contributed by atoms with Crippen molar-refractivity contribution in [2.45, 2.75) is 35.2 Å². The van der Waals surface area contributed by atoms with E-state index >= 15 is 0 Å². The minimum atomic E-state index is -4.72. The maximum absolute atomic E-state index is 13.0. The Morgan fingerprint density at radius 1 is 0.853 bits per heavy atom. The van der Waals surface area contributed by atoms with Crippen LogP contribution in [0, 0.1) is 0 Å². The lowest BCUT2D eigenvalue weighted by molar-refractivity contribution is -0.141. The van der Waals surface area contributed by atoms with E-state index < -0.39 is 44.2 Å². The van der Waals surface area contributed by atoms with Gasteiger partial charge in [-0.05, 0) is 35.9 Å².